The minimum atomic E-state index is -3.33. The number of rotatable bonds is 4. The molecule has 4 nitrogen and oxygen atoms in total. The smallest absolute Gasteiger partial charge is 0.243 e. The average Bonchev–Trinajstić information content (AvgIpc) is 2.78. The van der Waals surface area contributed by atoms with Crippen LogP contribution in [-0.2, 0) is 10.0 Å². The van der Waals surface area contributed by atoms with Gasteiger partial charge in [-0.05, 0) is 39.1 Å². The highest BCUT2D eigenvalue weighted by Crippen LogP contribution is 2.26. The Balaban J connectivity index is 2.24. The molecule has 0 bridgehead atoms. The van der Waals surface area contributed by atoms with E-state index in [0.29, 0.717) is 11.4 Å². The van der Waals surface area contributed by atoms with Crippen LogP contribution in [-0.4, -0.2) is 50.8 Å². The first-order chi connectivity index (χ1) is 8.51. The first-order valence-corrected chi connectivity index (χ1v) is 7.67. The highest BCUT2D eigenvalue weighted by atomic mass is 32.2. The zero-order valence-electron chi connectivity index (χ0n) is 10.9. The van der Waals surface area contributed by atoms with Gasteiger partial charge in [0.2, 0.25) is 10.0 Å². The van der Waals surface area contributed by atoms with Crippen LogP contribution in [0.3, 0.4) is 0 Å². The Labute approximate surface area is 109 Å². The summed E-state index contributed by atoms with van der Waals surface area (Å²) in [5.41, 5.74) is 0. The van der Waals surface area contributed by atoms with Crippen molar-refractivity contribution in [1.82, 2.24) is 9.21 Å². The Morgan fingerprint density at radius 3 is 2.56 bits per heavy atom. The third kappa shape index (κ3) is 2.74. The van der Waals surface area contributed by atoms with E-state index in [1.165, 1.54) is 0 Å². The van der Waals surface area contributed by atoms with E-state index in [4.69, 9.17) is 0 Å². The summed E-state index contributed by atoms with van der Waals surface area (Å²) < 4.78 is 26.7. The second-order valence-corrected chi connectivity index (χ2v) is 6.88. The van der Waals surface area contributed by atoms with Gasteiger partial charge < -0.3 is 4.90 Å². The maximum absolute atomic E-state index is 12.5. The van der Waals surface area contributed by atoms with Crippen LogP contribution in [0.5, 0.6) is 0 Å². The van der Waals surface area contributed by atoms with E-state index in [1.54, 1.807) is 28.6 Å². The van der Waals surface area contributed by atoms with Crippen LogP contribution in [0.25, 0.3) is 0 Å². The fourth-order valence-electron chi connectivity index (χ4n) is 2.46. The molecular formula is C13H20N2O2S. The lowest BCUT2D eigenvalue weighted by molar-refractivity contribution is 0.291. The van der Waals surface area contributed by atoms with Crippen LogP contribution in [0, 0.1) is 0 Å². The van der Waals surface area contributed by atoms with Crippen LogP contribution in [0.15, 0.2) is 35.2 Å². The van der Waals surface area contributed by atoms with Gasteiger partial charge in [0, 0.05) is 19.1 Å². The topological polar surface area (TPSA) is 40.6 Å². The molecule has 0 aromatic heterocycles. The summed E-state index contributed by atoms with van der Waals surface area (Å²) in [6.45, 7) is 1.42. The first-order valence-electron chi connectivity index (χ1n) is 6.23. The predicted octanol–water partition coefficient (Wildman–Crippen LogP) is 1.40. The van der Waals surface area contributed by atoms with Gasteiger partial charge in [0.15, 0.2) is 0 Å². The normalized spacial score (nSPS) is 21.6. The van der Waals surface area contributed by atoms with Crippen molar-refractivity contribution < 1.29 is 8.42 Å². The summed E-state index contributed by atoms with van der Waals surface area (Å²) in [4.78, 5) is 2.44. The number of sulfonamides is 1. The highest BCUT2D eigenvalue weighted by molar-refractivity contribution is 7.89. The van der Waals surface area contributed by atoms with Crippen molar-refractivity contribution >= 4 is 10.0 Å². The number of hydrogen-bond donors (Lipinski definition) is 0. The van der Waals surface area contributed by atoms with E-state index in [2.05, 4.69) is 0 Å². The number of hydrogen-bond acceptors (Lipinski definition) is 3. The van der Waals surface area contributed by atoms with Gasteiger partial charge in [-0.25, -0.2) is 8.42 Å². The van der Waals surface area contributed by atoms with Crippen molar-refractivity contribution in [3.8, 4) is 0 Å². The Morgan fingerprint density at radius 1 is 1.28 bits per heavy atom. The molecule has 1 fully saturated rings. The van der Waals surface area contributed by atoms with Crippen LogP contribution in [0.2, 0.25) is 0 Å². The van der Waals surface area contributed by atoms with Gasteiger partial charge in [-0.1, -0.05) is 18.2 Å². The Kier molecular flexibility index (Phi) is 4.04. The number of benzene rings is 1. The lowest BCUT2D eigenvalue weighted by Gasteiger charge is -2.26. The monoisotopic (exact) mass is 268 g/mol. The van der Waals surface area contributed by atoms with Gasteiger partial charge >= 0.3 is 0 Å². The van der Waals surface area contributed by atoms with Gasteiger partial charge in [0.25, 0.3) is 0 Å². The van der Waals surface area contributed by atoms with Crippen molar-refractivity contribution in [3.05, 3.63) is 30.3 Å². The molecule has 0 aliphatic carbocycles. The molecule has 0 N–H and O–H groups in total. The SMILES string of the molecule is CN(C)CC1CCCN1S(=O)(=O)c1ccccc1. The Morgan fingerprint density at radius 2 is 1.94 bits per heavy atom. The molecule has 1 unspecified atom stereocenters. The van der Waals surface area contributed by atoms with Crippen molar-refractivity contribution in [3.63, 3.8) is 0 Å². The maximum Gasteiger partial charge on any atom is 0.243 e. The van der Waals surface area contributed by atoms with E-state index in [9.17, 15) is 8.42 Å². The second-order valence-electron chi connectivity index (χ2n) is 4.99. The quantitative estimate of drug-likeness (QED) is 0.829. The summed E-state index contributed by atoms with van der Waals surface area (Å²) in [5.74, 6) is 0. The molecule has 0 saturated carbocycles. The van der Waals surface area contributed by atoms with Crippen LogP contribution >= 0.6 is 0 Å². The molecular weight excluding hydrogens is 248 g/mol. The molecule has 1 heterocycles. The molecule has 1 saturated heterocycles. The molecule has 0 radical (unpaired) electrons. The minimum Gasteiger partial charge on any atom is -0.308 e. The third-order valence-electron chi connectivity index (χ3n) is 3.25. The second kappa shape index (κ2) is 5.38. The molecule has 18 heavy (non-hydrogen) atoms. The van der Waals surface area contributed by atoms with Gasteiger partial charge in [-0.2, -0.15) is 4.31 Å². The summed E-state index contributed by atoms with van der Waals surface area (Å²) >= 11 is 0. The molecule has 5 heteroatoms. The van der Waals surface area contributed by atoms with Crippen molar-refractivity contribution in [1.29, 1.82) is 0 Å². The van der Waals surface area contributed by atoms with Gasteiger partial charge in [-0.3, -0.25) is 0 Å². The molecule has 1 atom stereocenters. The molecule has 100 valence electrons. The number of likely N-dealkylation sites (N-methyl/N-ethyl adjacent to an activating group) is 1. The summed E-state index contributed by atoms with van der Waals surface area (Å²) in [5, 5.41) is 0. The molecule has 1 aliphatic heterocycles. The summed E-state index contributed by atoms with van der Waals surface area (Å²) in [6.07, 6.45) is 1.90. The third-order valence-corrected chi connectivity index (χ3v) is 5.21. The maximum atomic E-state index is 12.5. The Bertz CT molecular complexity index is 485. The standard InChI is InChI=1S/C13H20N2O2S/c1-14(2)11-12-7-6-10-15(12)18(16,17)13-8-4-3-5-9-13/h3-5,8-9,12H,6-7,10-11H2,1-2H3. The minimum absolute atomic E-state index is 0.102. The molecule has 1 aromatic carbocycles. The van der Waals surface area contributed by atoms with E-state index < -0.39 is 10.0 Å². The molecule has 1 aromatic rings. The van der Waals surface area contributed by atoms with Gasteiger partial charge in [0.05, 0.1) is 4.90 Å². The first kappa shape index (κ1) is 13.5. The lowest BCUT2D eigenvalue weighted by Crippen LogP contribution is -2.41. The van der Waals surface area contributed by atoms with Crippen molar-refractivity contribution in [2.45, 2.75) is 23.8 Å². The zero-order chi connectivity index (χ0) is 13.2. The van der Waals surface area contributed by atoms with Crippen molar-refractivity contribution in [2.75, 3.05) is 27.2 Å². The van der Waals surface area contributed by atoms with E-state index in [1.807, 2.05) is 25.1 Å². The van der Waals surface area contributed by atoms with E-state index in [-0.39, 0.29) is 6.04 Å². The molecule has 1 aliphatic rings. The van der Waals surface area contributed by atoms with Crippen LogP contribution in [0.1, 0.15) is 12.8 Å². The largest absolute Gasteiger partial charge is 0.308 e. The molecule has 2 rings (SSSR count). The molecule has 0 spiro atoms. The van der Waals surface area contributed by atoms with E-state index in [0.717, 1.165) is 19.4 Å². The Hall–Kier alpha value is -0.910. The predicted molar refractivity (Wildman–Crippen MR) is 71.9 cm³/mol. The highest BCUT2D eigenvalue weighted by Gasteiger charge is 2.35. The number of nitrogens with zero attached hydrogens (tertiary/aromatic N) is 2. The van der Waals surface area contributed by atoms with Crippen LogP contribution in [0.4, 0.5) is 0 Å². The molecule has 0 amide bonds. The lowest BCUT2D eigenvalue weighted by atomic mass is 10.2. The summed E-state index contributed by atoms with van der Waals surface area (Å²) in [7, 11) is 0.629. The summed E-state index contributed by atoms with van der Waals surface area (Å²) in [6, 6.07) is 8.81. The van der Waals surface area contributed by atoms with Gasteiger partial charge in [0.1, 0.15) is 0 Å². The fourth-order valence-corrected chi connectivity index (χ4v) is 4.16. The van der Waals surface area contributed by atoms with Crippen LogP contribution < -0.4 is 0 Å². The fraction of sp³-hybridized carbons (Fsp3) is 0.538. The average molecular weight is 268 g/mol. The zero-order valence-corrected chi connectivity index (χ0v) is 11.7. The van der Waals surface area contributed by atoms with E-state index >= 15 is 0 Å². The van der Waals surface area contributed by atoms with Crippen molar-refractivity contribution in [2.24, 2.45) is 0 Å². The van der Waals surface area contributed by atoms with Gasteiger partial charge in [-0.15, -0.1) is 0 Å².